The normalized spacial score (nSPS) is 18.0. The minimum Gasteiger partial charge on any atom is -0.497 e. The topological polar surface area (TPSA) is 29.5 Å². The van der Waals surface area contributed by atoms with Crippen molar-refractivity contribution in [3.05, 3.63) is 42.0 Å². The van der Waals surface area contributed by atoms with Gasteiger partial charge in [-0.3, -0.25) is 0 Å². The molecule has 80 valence electrons. The van der Waals surface area contributed by atoms with Crippen molar-refractivity contribution >= 4 is 0 Å². The van der Waals surface area contributed by atoms with E-state index in [-0.39, 0.29) is 0 Å². The number of methoxy groups -OCH3 is 1. The summed E-state index contributed by atoms with van der Waals surface area (Å²) in [5.74, 6) is 1.52. The highest BCUT2D eigenvalue weighted by atomic mass is 16.5. The number of hydrogen-bond acceptors (Lipinski definition) is 2. The van der Waals surface area contributed by atoms with Gasteiger partial charge in [0.2, 0.25) is 0 Å². The number of hydrogen-bond donors (Lipinski definition) is 1. The molecule has 2 heteroatoms. The molecule has 0 unspecified atom stereocenters. The number of ether oxygens (including phenoxy) is 1. The van der Waals surface area contributed by atoms with E-state index in [4.69, 9.17) is 4.74 Å². The summed E-state index contributed by atoms with van der Waals surface area (Å²) in [6.45, 7) is 0. The van der Waals surface area contributed by atoms with Gasteiger partial charge in [0.15, 0.2) is 0 Å². The maximum Gasteiger partial charge on any atom is 0.118 e. The van der Waals surface area contributed by atoms with Crippen LogP contribution in [0.3, 0.4) is 0 Å². The molecular weight excluding hydrogens is 188 g/mol. The highest BCUT2D eigenvalue weighted by molar-refractivity contribution is 5.30. The monoisotopic (exact) mass is 204 g/mol. The molecule has 15 heavy (non-hydrogen) atoms. The van der Waals surface area contributed by atoms with Gasteiger partial charge in [0.05, 0.1) is 13.2 Å². The summed E-state index contributed by atoms with van der Waals surface area (Å²) < 4.78 is 5.06. The second kappa shape index (κ2) is 4.49. The molecule has 0 heterocycles. The van der Waals surface area contributed by atoms with Crippen LogP contribution in [0.4, 0.5) is 0 Å². The smallest absolute Gasteiger partial charge is 0.118 e. The lowest BCUT2D eigenvalue weighted by Crippen LogP contribution is -1.93. The van der Waals surface area contributed by atoms with Gasteiger partial charge in [0.25, 0.3) is 0 Å². The Labute approximate surface area is 90.2 Å². The van der Waals surface area contributed by atoms with E-state index >= 15 is 0 Å². The molecule has 2 nitrogen and oxygen atoms in total. The van der Waals surface area contributed by atoms with Crippen molar-refractivity contribution in [3.8, 4) is 5.75 Å². The van der Waals surface area contributed by atoms with Crippen molar-refractivity contribution in [2.45, 2.75) is 18.9 Å². The maximum atomic E-state index is 9.83. The van der Waals surface area contributed by atoms with Crippen LogP contribution < -0.4 is 4.74 Å². The molecule has 0 aliphatic heterocycles. The van der Waals surface area contributed by atoms with Gasteiger partial charge in [-0.2, -0.15) is 0 Å². The van der Waals surface area contributed by atoms with Gasteiger partial charge in [-0.05, 0) is 36.5 Å². The lowest BCUT2D eigenvalue weighted by Gasteiger charge is -2.06. The van der Waals surface area contributed by atoms with Crippen molar-refractivity contribution in [1.29, 1.82) is 0 Å². The quantitative estimate of drug-likeness (QED) is 0.764. The fourth-order valence-electron chi connectivity index (χ4n) is 1.46. The molecule has 1 aromatic rings. The molecule has 1 atom stereocenters. The van der Waals surface area contributed by atoms with Crippen LogP contribution in [0.1, 0.15) is 24.5 Å². The predicted molar refractivity (Wildman–Crippen MR) is 59.8 cm³/mol. The van der Waals surface area contributed by atoms with Crippen LogP contribution >= 0.6 is 0 Å². The van der Waals surface area contributed by atoms with Crippen LogP contribution in [0.5, 0.6) is 5.75 Å². The summed E-state index contributed by atoms with van der Waals surface area (Å²) in [6.07, 6.45) is 6.03. The molecule has 0 radical (unpaired) electrons. The van der Waals surface area contributed by atoms with Gasteiger partial charge >= 0.3 is 0 Å². The Balaban J connectivity index is 2.00. The third-order valence-electron chi connectivity index (χ3n) is 2.64. The molecule has 1 aliphatic carbocycles. The fourth-order valence-corrected chi connectivity index (χ4v) is 1.46. The zero-order valence-electron chi connectivity index (χ0n) is 8.89. The Bertz CT molecular complexity index is 336. The molecule has 1 fully saturated rings. The summed E-state index contributed by atoms with van der Waals surface area (Å²) in [5, 5.41) is 9.83. The highest BCUT2D eigenvalue weighted by Gasteiger charge is 2.17. The first-order chi connectivity index (χ1) is 7.29. The highest BCUT2D eigenvalue weighted by Crippen LogP contribution is 2.31. The average molecular weight is 204 g/mol. The number of rotatable bonds is 4. The van der Waals surface area contributed by atoms with E-state index in [9.17, 15) is 5.11 Å². The number of allylic oxidation sites excluding steroid dienone is 1. The number of aliphatic hydroxyl groups excluding tert-OH is 1. The van der Waals surface area contributed by atoms with E-state index in [1.54, 1.807) is 7.11 Å². The summed E-state index contributed by atoms with van der Waals surface area (Å²) in [6, 6.07) is 7.51. The third kappa shape index (κ3) is 2.83. The zero-order chi connectivity index (χ0) is 10.7. The summed E-state index contributed by atoms with van der Waals surface area (Å²) >= 11 is 0. The van der Waals surface area contributed by atoms with Crippen LogP contribution in [0, 0.1) is 5.92 Å². The number of benzene rings is 1. The van der Waals surface area contributed by atoms with E-state index in [1.165, 1.54) is 12.8 Å². The molecule has 1 aromatic carbocycles. The largest absolute Gasteiger partial charge is 0.497 e. The van der Waals surface area contributed by atoms with Crippen LogP contribution in [-0.4, -0.2) is 12.2 Å². The van der Waals surface area contributed by atoms with Gasteiger partial charge < -0.3 is 9.84 Å². The minimum atomic E-state index is -0.489. The van der Waals surface area contributed by atoms with E-state index < -0.39 is 6.10 Å². The molecule has 1 saturated carbocycles. The molecule has 2 rings (SSSR count). The van der Waals surface area contributed by atoms with E-state index in [1.807, 2.05) is 30.3 Å². The first-order valence-corrected chi connectivity index (χ1v) is 5.30. The van der Waals surface area contributed by atoms with Crippen molar-refractivity contribution in [1.82, 2.24) is 0 Å². The Morgan fingerprint density at radius 2 is 2.00 bits per heavy atom. The Morgan fingerprint density at radius 1 is 1.33 bits per heavy atom. The van der Waals surface area contributed by atoms with Crippen molar-refractivity contribution in [2.75, 3.05) is 7.11 Å². The molecule has 0 aromatic heterocycles. The average Bonchev–Trinajstić information content (AvgIpc) is 3.10. The zero-order valence-corrected chi connectivity index (χ0v) is 8.89. The van der Waals surface area contributed by atoms with Crippen molar-refractivity contribution in [2.24, 2.45) is 5.92 Å². The van der Waals surface area contributed by atoms with Crippen LogP contribution in [0.15, 0.2) is 36.4 Å². The summed E-state index contributed by atoms with van der Waals surface area (Å²) in [5.41, 5.74) is 0.910. The Kier molecular flexibility index (Phi) is 3.07. The second-order valence-corrected chi connectivity index (χ2v) is 3.94. The standard InChI is InChI=1S/C13H16O2/c1-15-12-7-5-11(6-8-12)13(14)9-4-10-2-3-10/h4-10,13-14H,2-3H2,1H3/b9-4+/t13-/m1/s1. The molecule has 1 N–H and O–H groups in total. The van der Waals surface area contributed by atoms with Crippen LogP contribution in [-0.2, 0) is 0 Å². The summed E-state index contributed by atoms with van der Waals surface area (Å²) in [4.78, 5) is 0. The van der Waals surface area contributed by atoms with E-state index in [0.29, 0.717) is 5.92 Å². The first kappa shape index (κ1) is 10.2. The molecule has 0 amide bonds. The predicted octanol–water partition coefficient (Wildman–Crippen LogP) is 2.69. The first-order valence-electron chi connectivity index (χ1n) is 5.30. The molecule has 1 aliphatic rings. The SMILES string of the molecule is COc1ccc([C@H](O)/C=C/C2CC2)cc1. The van der Waals surface area contributed by atoms with Crippen molar-refractivity contribution in [3.63, 3.8) is 0 Å². The maximum absolute atomic E-state index is 9.83. The van der Waals surface area contributed by atoms with Gasteiger partial charge in [-0.25, -0.2) is 0 Å². The van der Waals surface area contributed by atoms with Gasteiger partial charge in [-0.1, -0.05) is 24.3 Å². The molecule has 0 saturated heterocycles. The minimum absolute atomic E-state index is 0.489. The Morgan fingerprint density at radius 3 is 2.53 bits per heavy atom. The molecule has 0 bridgehead atoms. The van der Waals surface area contributed by atoms with Crippen LogP contribution in [0.25, 0.3) is 0 Å². The third-order valence-corrected chi connectivity index (χ3v) is 2.64. The Hall–Kier alpha value is -1.28. The second-order valence-electron chi connectivity index (χ2n) is 3.94. The van der Waals surface area contributed by atoms with Gasteiger partial charge in [0.1, 0.15) is 5.75 Å². The lowest BCUT2D eigenvalue weighted by atomic mass is 10.1. The van der Waals surface area contributed by atoms with E-state index in [0.717, 1.165) is 11.3 Å². The molecule has 0 spiro atoms. The van der Waals surface area contributed by atoms with Crippen LogP contribution in [0.2, 0.25) is 0 Å². The van der Waals surface area contributed by atoms with Gasteiger partial charge in [0, 0.05) is 0 Å². The lowest BCUT2D eigenvalue weighted by molar-refractivity contribution is 0.228. The van der Waals surface area contributed by atoms with E-state index in [2.05, 4.69) is 6.08 Å². The number of aliphatic hydroxyl groups is 1. The van der Waals surface area contributed by atoms with Crippen molar-refractivity contribution < 1.29 is 9.84 Å². The fraction of sp³-hybridized carbons (Fsp3) is 0.385. The summed E-state index contributed by atoms with van der Waals surface area (Å²) in [7, 11) is 1.64. The van der Waals surface area contributed by atoms with Gasteiger partial charge in [-0.15, -0.1) is 0 Å². The molecular formula is C13H16O2.